The minimum atomic E-state index is -0.703. The number of nitrogens with one attached hydrogen (secondary N) is 2. The first-order valence-electron chi connectivity index (χ1n) is 6.82. The highest BCUT2D eigenvalue weighted by atomic mass is 32.1. The van der Waals surface area contributed by atoms with Gasteiger partial charge in [0.2, 0.25) is 0 Å². The van der Waals surface area contributed by atoms with Gasteiger partial charge < -0.3 is 14.6 Å². The second-order valence-corrected chi connectivity index (χ2v) is 5.33. The first-order chi connectivity index (χ1) is 10.4. The molecule has 3 amide bonds. The molecule has 1 rings (SSSR count). The van der Waals surface area contributed by atoms with E-state index in [0.717, 1.165) is 23.5 Å². The molecule has 2 N–H and O–H groups in total. The molecule has 0 spiro atoms. The highest BCUT2D eigenvalue weighted by Crippen LogP contribution is 2.01. The molecule has 0 aromatic carbocycles. The van der Waals surface area contributed by atoms with E-state index in [9.17, 15) is 19.2 Å². The van der Waals surface area contributed by atoms with Crippen molar-refractivity contribution in [2.75, 3.05) is 13.2 Å². The third-order valence-corrected chi connectivity index (χ3v) is 3.55. The number of carbonyl (C=O) groups excluding carboxylic acids is 3. The number of hydrogen-bond acceptors (Lipinski definition) is 6. The fourth-order valence-corrected chi connectivity index (χ4v) is 2.30. The van der Waals surface area contributed by atoms with Crippen molar-refractivity contribution in [1.82, 2.24) is 15.2 Å². The first kappa shape index (κ1) is 17.9. The molecule has 9 heteroatoms. The Morgan fingerprint density at radius 1 is 1.36 bits per heavy atom. The van der Waals surface area contributed by atoms with Gasteiger partial charge in [0, 0.05) is 24.2 Å². The van der Waals surface area contributed by atoms with Crippen molar-refractivity contribution in [3.8, 4) is 0 Å². The van der Waals surface area contributed by atoms with Crippen molar-refractivity contribution in [3.05, 3.63) is 20.7 Å². The van der Waals surface area contributed by atoms with Gasteiger partial charge in [-0.2, -0.15) is 0 Å². The molecule has 122 valence electrons. The van der Waals surface area contributed by atoms with Gasteiger partial charge in [-0.15, -0.1) is 0 Å². The lowest BCUT2D eigenvalue weighted by atomic mass is 10.4. The van der Waals surface area contributed by atoms with Gasteiger partial charge in [-0.1, -0.05) is 18.3 Å². The summed E-state index contributed by atoms with van der Waals surface area (Å²) < 4.78 is 6.21. The Kier molecular flexibility index (Phi) is 7.30. The summed E-state index contributed by atoms with van der Waals surface area (Å²) in [5.74, 6) is -1.31. The van der Waals surface area contributed by atoms with Crippen molar-refractivity contribution in [3.63, 3.8) is 0 Å². The van der Waals surface area contributed by atoms with Crippen LogP contribution in [0.5, 0.6) is 0 Å². The minimum Gasteiger partial charge on any atom is -0.456 e. The van der Waals surface area contributed by atoms with Gasteiger partial charge in [0.25, 0.3) is 5.91 Å². The molecule has 1 aromatic heterocycles. The van der Waals surface area contributed by atoms with E-state index >= 15 is 0 Å². The Balaban J connectivity index is 2.27. The number of hydrogen-bond donors (Lipinski definition) is 2. The Morgan fingerprint density at radius 3 is 2.68 bits per heavy atom. The van der Waals surface area contributed by atoms with Crippen LogP contribution in [0.4, 0.5) is 4.79 Å². The molecule has 0 radical (unpaired) electrons. The molecule has 0 saturated heterocycles. The number of ether oxygens (including phenoxy) is 1. The second kappa shape index (κ2) is 8.98. The van der Waals surface area contributed by atoms with Crippen molar-refractivity contribution in [1.29, 1.82) is 0 Å². The predicted molar refractivity (Wildman–Crippen MR) is 80.7 cm³/mol. The number of rotatable bonds is 7. The number of carbonyl (C=O) groups is 3. The zero-order chi connectivity index (χ0) is 16.5. The number of imide groups is 1. The van der Waals surface area contributed by atoms with Crippen molar-refractivity contribution in [2.24, 2.45) is 0 Å². The SMILES string of the molecule is CCCNC(=O)NC(=O)COC(=O)CCn1c(C)csc1=O. The van der Waals surface area contributed by atoms with Crippen LogP contribution in [-0.4, -0.2) is 35.6 Å². The normalized spacial score (nSPS) is 10.1. The summed E-state index contributed by atoms with van der Waals surface area (Å²) in [5, 5.41) is 6.20. The molecule has 8 nitrogen and oxygen atoms in total. The zero-order valence-electron chi connectivity index (χ0n) is 12.5. The highest BCUT2D eigenvalue weighted by molar-refractivity contribution is 7.07. The number of nitrogens with zero attached hydrogens (tertiary/aromatic N) is 1. The summed E-state index contributed by atoms with van der Waals surface area (Å²) in [7, 11) is 0. The maximum absolute atomic E-state index is 11.5. The van der Waals surface area contributed by atoms with E-state index in [2.05, 4.69) is 5.32 Å². The van der Waals surface area contributed by atoms with Crippen LogP contribution < -0.4 is 15.5 Å². The molecular formula is C13H19N3O5S. The highest BCUT2D eigenvalue weighted by Gasteiger charge is 2.11. The first-order valence-corrected chi connectivity index (χ1v) is 7.70. The van der Waals surface area contributed by atoms with Gasteiger partial charge in [0.05, 0.1) is 6.42 Å². The molecule has 0 bridgehead atoms. The van der Waals surface area contributed by atoms with E-state index in [1.54, 1.807) is 12.3 Å². The topological polar surface area (TPSA) is 106 Å². The maximum Gasteiger partial charge on any atom is 0.321 e. The average molecular weight is 329 g/mol. The van der Waals surface area contributed by atoms with Crippen molar-refractivity contribution in [2.45, 2.75) is 33.2 Å². The van der Waals surface area contributed by atoms with Crippen LogP contribution in [0.3, 0.4) is 0 Å². The van der Waals surface area contributed by atoms with Crippen LogP contribution in [0, 0.1) is 6.92 Å². The number of urea groups is 1. The van der Waals surface area contributed by atoms with Crippen LogP contribution >= 0.6 is 11.3 Å². The van der Waals surface area contributed by atoms with E-state index < -0.39 is 24.5 Å². The molecule has 0 aliphatic heterocycles. The maximum atomic E-state index is 11.5. The molecule has 0 unspecified atom stereocenters. The second-order valence-electron chi connectivity index (χ2n) is 4.51. The van der Waals surface area contributed by atoms with E-state index in [1.807, 2.05) is 12.2 Å². The molecule has 0 fully saturated rings. The van der Waals surface area contributed by atoms with E-state index in [0.29, 0.717) is 6.54 Å². The van der Waals surface area contributed by atoms with Gasteiger partial charge >= 0.3 is 16.9 Å². The molecule has 0 aliphatic rings. The average Bonchev–Trinajstić information content (AvgIpc) is 2.79. The van der Waals surface area contributed by atoms with Crippen molar-refractivity contribution >= 4 is 29.2 Å². The predicted octanol–water partition coefficient (Wildman–Crippen LogP) is 0.387. The Morgan fingerprint density at radius 2 is 2.09 bits per heavy atom. The lowest BCUT2D eigenvalue weighted by molar-refractivity contribution is -0.148. The van der Waals surface area contributed by atoms with Gasteiger partial charge in [-0.05, 0) is 13.3 Å². The molecule has 0 saturated carbocycles. The summed E-state index contributed by atoms with van der Waals surface area (Å²) in [6.07, 6.45) is 0.727. The molecule has 1 aromatic rings. The van der Waals surface area contributed by atoms with Crippen LogP contribution in [0.1, 0.15) is 25.5 Å². The van der Waals surface area contributed by atoms with Crippen molar-refractivity contribution < 1.29 is 19.1 Å². The van der Waals surface area contributed by atoms with Crippen LogP contribution in [0.15, 0.2) is 10.2 Å². The summed E-state index contributed by atoms with van der Waals surface area (Å²) in [5.41, 5.74) is 0.771. The zero-order valence-corrected chi connectivity index (χ0v) is 13.3. The quantitative estimate of drug-likeness (QED) is 0.704. The van der Waals surface area contributed by atoms with Gasteiger partial charge in [-0.3, -0.25) is 19.7 Å². The number of aromatic nitrogens is 1. The Hall–Kier alpha value is -2.16. The largest absolute Gasteiger partial charge is 0.456 e. The smallest absolute Gasteiger partial charge is 0.321 e. The third kappa shape index (κ3) is 6.08. The number of amides is 3. The Labute approximate surface area is 131 Å². The number of thiazole rings is 1. The van der Waals surface area contributed by atoms with Gasteiger partial charge in [0.1, 0.15) is 0 Å². The minimum absolute atomic E-state index is 0.0210. The number of aryl methyl sites for hydroxylation is 1. The van der Waals surface area contributed by atoms with E-state index in [4.69, 9.17) is 4.74 Å². The monoisotopic (exact) mass is 329 g/mol. The standard InChI is InChI=1S/C13H19N3O5S/c1-3-5-14-12(19)15-10(17)7-21-11(18)4-6-16-9(2)8-22-13(16)20/h8H,3-7H2,1-2H3,(H2,14,15,17,19). The molecule has 0 aliphatic carbocycles. The summed E-state index contributed by atoms with van der Waals surface area (Å²) in [4.78, 5) is 45.4. The molecule has 22 heavy (non-hydrogen) atoms. The van der Waals surface area contributed by atoms with E-state index in [-0.39, 0.29) is 17.8 Å². The fraction of sp³-hybridized carbons (Fsp3) is 0.538. The van der Waals surface area contributed by atoms with Crippen LogP contribution in [0.25, 0.3) is 0 Å². The summed E-state index contributed by atoms with van der Waals surface area (Å²) in [6, 6.07) is -0.622. The molecule has 1 heterocycles. The van der Waals surface area contributed by atoms with Gasteiger partial charge in [0.15, 0.2) is 6.61 Å². The summed E-state index contributed by atoms with van der Waals surface area (Å²) >= 11 is 1.06. The third-order valence-electron chi connectivity index (χ3n) is 2.67. The fourth-order valence-electron chi connectivity index (χ4n) is 1.54. The van der Waals surface area contributed by atoms with Crippen LogP contribution in [-0.2, 0) is 20.9 Å². The van der Waals surface area contributed by atoms with Gasteiger partial charge in [-0.25, -0.2) is 4.79 Å². The Bertz CT molecular complexity index is 593. The summed E-state index contributed by atoms with van der Waals surface area (Å²) in [6.45, 7) is 3.77. The molecular weight excluding hydrogens is 310 g/mol. The lowest BCUT2D eigenvalue weighted by Crippen LogP contribution is -2.41. The lowest BCUT2D eigenvalue weighted by Gasteiger charge is -2.07. The van der Waals surface area contributed by atoms with Crippen LogP contribution in [0.2, 0.25) is 0 Å². The molecule has 0 atom stereocenters. The van der Waals surface area contributed by atoms with E-state index in [1.165, 1.54) is 4.57 Å². The number of esters is 1.